The van der Waals surface area contributed by atoms with Gasteiger partial charge in [-0.05, 0) is 56.2 Å². The van der Waals surface area contributed by atoms with Crippen LogP contribution < -0.4 is 5.73 Å². The van der Waals surface area contributed by atoms with Gasteiger partial charge in [-0.25, -0.2) is 8.78 Å². The molecule has 0 bridgehead atoms. The van der Waals surface area contributed by atoms with Crippen LogP contribution in [0.2, 0.25) is 0 Å². The van der Waals surface area contributed by atoms with Gasteiger partial charge >= 0.3 is 0 Å². The maximum Gasteiger partial charge on any atom is 0.128 e. The van der Waals surface area contributed by atoms with E-state index < -0.39 is 17.7 Å². The lowest BCUT2D eigenvalue weighted by atomic mass is 9.70. The van der Waals surface area contributed by atoms with Crippen molar-refractivity contribution in [1.82, 2.24) is 0 Å². The summed E-state index contributed by atoms with van der Waals surface area (Å²) in [6, 6.07) is 3.06. The fourth-order valence-electron chi connectivity index (χ4n) is 3.32. The molecule has 104 valence electrons. The third-order valence-corrected chi connectivity index (χ3v) is 4.62. The lowest BCUT2D eigenvalue weighted by Gasteiger charge is -2.48. The molecule has 1 aliphatic carbocycles. The second kappa shape index (κ2) is 4.84. The number of benzene rings is 1. The van der Waals surface area contributed by atoms with Crippen molar-refractivity contribution < 1.29 is 13.5 Å². The summed E-state index contributed by atoms with van der Waals surface area (Å²) >= 11 is 0. The third kappa shape index (κ3) is 2.39. The smallest absolute Gasteiger partial charge is 0.128 e. The molecule has 1 aromatic carbocycles. The van der Waals surface area contributed by atoms with Gasteiger partial charge in [-0.15, -0.1) is 0 Å². The molecule has 19 heavy (non-hydrogen) atoms. The van der Waals surface area contributed by atoms with Gasteiger partial charge in [0.1, 0.15) is 11.6 Å². The van der Waals surface area contributed by atoms with Gasteiger partial charge in [-0.3, -0.25) is 0 Å². The Hall–Kier alpha value is -1.00. The third-order valence-electron chi connectivity index (χ3n) is 4.62. The fourth-order valence-corrected chi connectivity index (χ4v) is 3.32. The van der Waals surface area contributed by atoms with E-state index in [1.54, 1.807) is 0 Å². The normalized spacial score (nSPS) is 27.0. The first kappa shape index (κ1) is 13.0. The van der Waals surface area contributed by atoms with E-state index in [1.165, 1.54) is 12.5 Å². The first-order valence-corrected chi connectivity index (χ1v) is 6.94. The van der Waals surface area contributed by atoms with Gasteiger partial charge in [0.15, 0.2) is 0 Å². The van der Waals surface area contributed by atoms with Crippen LogP contribution in [0, 0.1) is 17.6 Å². The summed E-state index contributed by atoms with van der Waals surface area (Å²) in [6.45, 7) is 0.676. The first-order valence-electron chi connectivity index (χ1n) is 6.94. The van der Waals surface area contributed by atoms with Crippen molar-refractivity contribution in [3.8, 4) is 0 Å². The zero-order valence-corrected chi connectivity index (χ0v) is 10.9. The van der Waals surface area contributed by atoms with Gasteiger partial charge in [-0.2, -0.15) is 0 Å². The van der Waals surface area contributed by atoms with E-state index in [1.807, 2.05) is 0 Å². The maximum absolute atomic E-state index is 13.8. The van der Waals surface area contributed by atoms with Gasteiger partial charge < -0.3 is 10.5 Å². The zero-order chi connectivity index (χ0) is 13.5. The average molecular weight is 267 g/mol. The summed E-state index contributed by atoms with van der Waals surface area (Å²) in [6.07, 6.45) is 5.02. The number of rotatable bonds is 2. The van der Waals surface area contributed by atoms with Crippen LogP contribution in [0.25, 0.3) is 0 Å². The second-order valence-corrected chi connectivity index (χ2v) is 5.83. The fraction of sp³-hybridized carbons (Fsp3) is 0.600. The molecule has 2 nitrogen and oxygen atoms in total. The summed E-state index contributed by atoms with van der Waals surface area (Å²) < 4.78 is 32.9. The number of nitrogens with two attached hydrogens (primary N) is 1. The highest BCUT2D eigenvalue weighted by molar-refractivity contribution is 5.23. The number of halogens is 2. The van der Waals surface area contributed by atoms with E-state index in [2.05, 4.69) is 0 Å². The van der Waals surface area contributed by atoms with Crippen LogP contribution in [0.5, 0.6) is 0 Å². The Bertz CT molecular complexity index is 473. The molecule has 2 atom stereocenters. The van der Waals surface area contributed by atoms with E-state index in [-0.39, 0.29) is 11.5 Å². The molecular formula is C15H19F2NO. The maximum atomic E-state index is 13.8. The summed E-state index contributed by atoms with van der Waals surface area (Å²) in [4.78, 5) is 0. The Morgan fingerprint density at radius 2 is 2.11 bits per heavy atom. The minimum Gasteiger partial charge on any atom is -0.375 e. The van der Waals surface area contributed by atoms with Crippen molar-refractivity contribution in [2.75, 3.05) is 6.61 Å². The summed E-state index contributed by atoms with van der Waals surface area (Å²) in [7, 11) is 0. The molecule has 2 N–H and O–H groups in total. The molecule has 1 saturated heterocycles. The second-order valence-electron chi connectivity index (χ2n) is 5.83. The van der Waals surface area contributed by atoms with Crippen LogP contribution in [0.15, 0.2) is 18.2 Å². The van der Waals surface area contributed by atoms with Crippen molar-refractivity contribution in [3.63, 3.8) is 0 Å². The standard InChI is InChI=1S/C15H19F2NO/c16-11-2-3-13(17)12(8-11)14(18)10-4-7-19-15(9-10)5-1-6-15/h2-3,8,10,14H,1,4-7,9,18H2. The predicted octanol–water partition coefficient (Wildman–Crippen LogP) is 3.31. The molecular weight excluding hydrogens is 248 g/mol. The van der Waals surface area contributed by atoms with Crippen LogP contribution in [-0.2, 0) is 4.74 Å². The molecule has 1 aromatic rings. The molecule has 0 amide bonds. The molecule has 2 fully saturated rings. The SMILES string of the molecule is NC(c1cc(F)ccc1F)C1CCOC2(CCC2)C1. The minimum absolute atomic E-state index is 0.0235. The van der Waals surface area contributed by atoms with Gasteiger partial charge in [0, 0.05) is 18.2 Å². The minimum atomic E-state index is -0.447. The van der Waals surface area contributed by atoms with E-state index in [0.29, 0.717) is 12.2 Å². The molecule has 0 aromatic heterocycles. The zero-order valence-electron chi connectivity index (χ0n) is 10.9. The van der Waals surface area contributed by atoms with Gasteiger partial charge in [0.05, 0.1) is 5.60 Å². The van der Waals surface area contributed by atoms with Crippen LogP contribution >= 0.6 is 0 Å². The van der Waals surface area contributed by atoms with Gasteiger partial charge in [-0.1, -0.05) is 0 Å². The predicted molar refractivity (Wildman–Crippen MR) is 68.5 cm³/mol. The Labute approximate surface area is 111 Å². The van der Waals surface area contributed by atoms with Crippen LogP contribution in [0.4, 0.5) is 8.78 Å². The van der Waals surface area contributed by atoms with Crippen molar-refractivity contribution in [2.45, 2.75) is 43.7 Å². The summed E-state index contributed by atoms with van der Waals surface area (Å²) in [5, 5.41) is 0. The molecule has 0 radical (unpaired) electrons. The van der Waals surface area contributed by atoms with Crippen molar-refractivity contribution in [2.24, 2.45) is 11.7 Å². The van der Waals surface area contributed by atoms with Crippen molar-refractivity contribution >= 4 is 0 Å². The summed E-state index contributed by atoms with van der Waals surface area (Å²) in [5.41, 5.74) is 6.45. The lowest BCUT2D eigenvalue weighted by molar-refractivity contribution is -0.146. The quantitative estimate of drug-likeness (QED) is 0.892. The Morgan fingerprint density at radius 3 is 2.79 bits per heavy atom. The molecule has 1 spiro atoms. The van der Waals surface area contributed by atoms with Crippen LogP contribution in [-0.4, -0.2) is 12.2 Å². The van der Waals surface area contributed by atoms with Crippen molar-refractivity contribution in [3.05, 3.63) is 35.4 Å². The Kier molecular flexibility index (Phi) is 3.31. The molecule has 3 rings (SSSR count). The molecule has 1 saturated carbocycles. The highest BCUT2D eigenvalue weighted by atomic mass is 19.1. The van der Waals surface area contributed by atoms with E-state index in [9.17, 15) is 8.78 Å². The molecule has 2 unspecified atom stereocenters. The van der Waals surface area contributed by atoms with E-state index in [0.717, 1.165) is 37.8 Å². The number of ether oxygens (including phenoxy) is 1. The average Bonchev–Trinajstić information content (AvgIpc) is 2.39. The Balaban J connectivity index is 1.79. The first-order chi connectivity index (χ1) is 9.10. The summed E-state index contributed by atoms with van der Waals surface area (Å²) in [5.74, 6) is -0.675. The van der Waals surface area contributed by atoms with Crippen molar-refractivity contribution in [1.29, 1.82) is 0 Å². The molecule has 1 aliphatic heterocycles. The van der Waals surface area contributed by atoms with E-state index in [4.69, 9.17) is 10.5 Å². The van der Waals surface area contributed by atoms with Gasteiger partial charge in [0.25, 0.3) is 0 Å². The Morgan fingerprint density at radius 1 is 1.32 bits per heavy atom. The largest absolute Gasteiger partial charge is 0.375 e. The van der Waals surface area contributed by atoms with E-state index >= 15 is 0 Å². The van der Waals surface area contributed by atoms with Gasteiger partial charge in [0.2, 0.25) is 0 Å². The molecule has 1 heterocycles. The van der Waals surface area contributed by atoms with Crippen LogP contribution in [0.3, 0.4) is 0 Å². The topological polar surface area (TPSA) is 35.2 Å². The molecule has 4 heteroatoms. The monoisotopic (exact) mass is 267 g/mol. The van der Waals surface area contributed by atoms with Crippen LogP contribution in [0.1, 0.15) is 43.7 Å². The number of hydrogen-bond acceptors (Lipinski definition) is 2. The number of hydrogen-bond donors (Lipinski definition) is 1. The lowest BCUT2D eigenvalue weighted by Crippen LogP contribution is -2.47. The highest BCUT2D eigenvalue weighted by Gasteiger charge is 2.44. The highest BCUT2D eigenvalue weighted by Crippen LogP contribution is 2.46. The molecule has 2 aliphatic rings.